The lowest BCUT2D eigenvalue weighted by atomic mass is 10.1. The lowest BCUT2D eigenvalue weighted by Crippen LogP contribution is -2.24. The van der Waals surface area contributed by atoms with Crippen molar-refractivity contribution in [3.8, 4) is 0 Å². The smallest absolute Gasteiger partial charge is 0.359 e. The Hall–Kier alpha value is -2.17. The number of hydrogen-bond acceptors (Lipinski definition) is 4. The lowest BCUT2D eigenvalue weighted by molar-refractivity contribution is -0.134. The zero-order valence-electron chi connectivity index (χ0n) is 9.77. The van der Waals surface area contributed by atoms with Crippen molar-refractivity contribution in [2.24, 2.45) is 5.10 Å². The Morgan fingerprint density at radius 1 is 1.29 bits per heavy atom. The van der Waals surface area contributed by atoms with Crippen LogP contribution in [-0.2, 0) is 14.3 Å². The van der Waals surface area contributed by atoms with Crippen molar-refractivity contribution in [1.82, 2.24) is 5.43 Å². The Bertz CT molecular complexity index is 427. The standard InChI is InChI=1S/C12H14N2O3/c1-3-17-12(16)11(14-13-9(2)15)10-7-5-4-6-8-10/h4-8H,3H2,1-2H3,(H,13,15). The second kappa shape index (κ2) is 6.42. The third kappa shape index (κ3) is 4.06. The van der Waals surface area contributed by atoms with Gasteiger partial charge in [-0.3, -0.25) is 4.79 Å². The third-order valence-corrected chi connectivity index (χ3v) is 1.84. The van der Waals surface area contributed by atoms with Crippen LogP contribution in [0.3, 0.4) is 0 Å². The molecular weight excluding hydrogens is 220 g/mol. The van der Waals surface area contributed by atoms with Crippen LogP contribution in [0.4, 0.5) is 0 Å². The number of carbonyl (C=O) groups excluding carboxylic acids is 2. The van der Waals surface area contributed by atoms with Gasteiger partial charge < -0.3 is 4.74 Å². The Labute approximate surface area is 99.5 Å². The molecule has 17 heavy (non-hydrogen) atoms. The number of esters is 1. The highest BCUT2D eigenvalue weighted by Gasteiger charge is 2.15. The van der Waals surface area contributed by atoms with Crippen LogP contribution in [0, 0.1) is 0 Å². The maximum Gasteiger partial charge on any atom is 0.359 e. The highest BCUT2D eigenvalue weighted by molar-refractivity contribution is 6.43. The molecule has 0 aliphatic rings. The van der Waals surface area contributed by atoms with Gasteiger partial charge in [0.25, 0.3) is 0 Å². The number of hydrazone groups is 1. The Balaban J connectivity index is 2.98. The molecule has 90 valence electrons. The maximum atomic E-state index is 11.7. The Morgan fingerprint density at radius 3 is 2.47 bits per heavy atom. The van der Waals surface area contributed by atoms with Crippen LogP contribution < -0.4 is 5.43 Å². The monoisotopic (exact) mass is 234 g/mol. The molecule has 0 bridgehead atoms. The molecule has 5 nitrogen and oxygen atoms in total. The van der Waals surface area contributed by atoms with Gasteiger partial charge in [-0.25, -0.2) is 10.2 Å². The van der Waals surface area contributed by atoms with Crippen molar-refractivity contribution in [3.63, 3.8) is 0 Å². The van der Waals surface area contributed by atoms with E-state index in [1.54, 1.807) is 31.2 Å². The average Bonchev–Trinajstić information content (AvgIpc) is 2.30. The fourth-order valence-corrected chi connectivity index (χ4v) is 1.16. The van der Waals surface area contributed by atoms with Crippen LogP contribution in [0.1, 0.15) is 19.4 Å². The first-order valence-electron chi connectivity index (χ1n) is 5.22. The van der Waals surface area contributed by atoms with Gasteiger partial charge in [-0.05, 0) is 6.92 Å². The number of amides is 1. The average molecular weight is 234 g/mol. The Kier molecular flexibility index (Phi) is 4.87. The first kappa shape index (κ1) is 12.9. The molecule has 0 saturated heterocycles. The molecule has 0 radical (unpaired) electrons. The molecule has 0 saturated carbocycles. The molecular formula is C12H14N2O3. The first-order valence-corrected chi connectivity index (χ1v) is 5.22. The summed E-state index contributed by atoms with van der Waals surface area (Å²) in [6.45, 7) is 3.28. The molecule has 1 rings (SSSR count). The van der Waals surface area contributed by atoms with Gasteiger partial charge in [0.1, 0.15) is 0 Å². The van der Waals surface area contributed by atoms with E-state index in [9.17, 15) is 9.59 Å². The molecule has 1 N–H and O–H groups in total. The van der Waals surface area contributed by atoms with Gasteiger partial charge in [0, 0.05) is 12.5 Å². The van der Waals surface area contributed by atoms with Gasteiger partial charge in [0.15, 0.2) is 5.71 Å². The summed E-state index contributed by atoms with van der Waals surface area (Å²) in [6, 6.07) is 8.81. The minimum absolute atomic E-state index is 0.0858. The molecule has 0 unspecified atom stereocenters. The van der Waals surface area contributed by atoms with Crippen molar-refractivity contribution in [1.29, 1.82) is 0 Å². The molecule has 0 aliphatic carbocycles. The number of hydrogen-bond donors (Lipinski definition) is 1. The molecule has 0 aliphatic heterocycles. The molecule has 0 heterocycles. The number of ether oxygens (including phenoxy) is 1. The van der Waals surface area contributed by atoms with Crippen molar-refractivity contribution < 1.29 is 14.3 Å². The van der Waals surface area contributed by atoms with E-state index in [1.165, 1.54) is 6.92 Å². The SMILES string of the molecule is CCOC(=O)C(=NNC(C)=O)c1ccccc1. The van der Waals surface area contributed by atoms with Gasteiger partial charge in [0.05, 0.1) is 6.61 Å². The van der Waals surface area contributed by atoms with E-state index in [1.807, 2.05) is 6.07 Å². The van der Waals surface area contributed by atoms with Crippen LogP contribution in [0.5, 0.6) is 0 Å². The predicted octanol–water partition coefficient (Wildman–Crippen LogP) is 1.09. The second-order valence-corrected chi connectivity index (χ2v) is 3.21. The van der Waals surface area contributed by atoms with Crippen molar-refractivity contribution >= 4 is 17.6 Å². The van der Waals surface area contributed by atoms with E-state index < -0.39 is 5.97 Å². The zero-order chi connectivity index (χ0) is 12.7. The first-order chi connectivity index (χ1) is 8.15. The van der Waals surface area contributed by atoms with Crippen LogP contribution in [0.2, 0.25) is 0 Å². The minimum atomic E-state index is -0.563. The largest absolute Gasteiger partial charge is 0.461 e. The van der Waals surface area contributed by atoms with Crippen LogP contribution in [0.15, 0.2) is 35.4 Å². The summed E-state index contributed by atoms with van der Waals surface area (Å²) >= 11 is 0. The highest BCUT2D eigenvalue weighted by Crippen LogP contribution is 2.02. The van der Waals surface area contributed by atoms with Gasteiger partial charge >= 0.3 is 5.97 Å². The lowest BCUT2D eigenvalue weighted by Gasteiger charge is -2.05. The number of nitrogens with one attached hydrogen (secondary N) is 1. The maximum absolute atomic E-state index is 11.7. The molecule has 0 spiro atoms. The van der Waals surface area contributed by atoms with E-state index in [0.717, 1.165) is 0 Å². The summed E-state index contributed by atoms with van der Waals surface area (Å²) in [5, 5.41) is 3.75. The molecule has 1 amide bonds. The van der Waals surface area contributed by atoms with E-state index in [-0.39, 0.29) is 18.2 Å². The van der Waals surface area contributed by atoms with Crippen molar-refractivity contribution in [3.05, 3.63) is 35.9 Å². The summed E-state index contributed by atoms with van der Waals surface area (Å²) in [6.07, 6.45) is 0. The van der Waals surface area contributed by atoms with Gasteiger partial charge in [-0.15, -0.1) is 0 Å². The van der Waals surface area contributed by atoms with Crippen LogP contribution >= 0.6 is 0 Å². The molecule has 0 aromatic heterocycles. The van der Waals surface area contributed by atoms with Crippen LogP contribution in [0.25, 0.3) is 0 Å². The summed E-state index contributed by atoms with van der Waals surface area (Å²) in [5.74, 6) is -0.907. The van der Waals surface area contributed by atoms with E-state index in [4.69, 9.17) is 4.74 Å². The van der Waals surface area contributed by atoms with Gasteiger partial charge in [0.2, 0.25) is 5.91 Å². The molecule has 1 aromatic rings. The summed E-state index contributed by atoms with van der Waals surface area (Å²) in [7, 11) is 0. The molecule has 0 fully saturated rings. The van der Waals surface area contributed by atoms with Crippen LogP contribution in [-0.4, -0.2) is 24.2 Å². The fourth-order valence-electron chi connectivity index (χ4n) is 1.16. The normalized spacial score (nSPS) is 10.8. The predicted molar refractivity (Wildman–Crippen MR) is 63.4 cm³/mol. The number of rotatable bonds is 4. The van der Waals surface area contributed by atoms with Crippen molar-refractivity contribution in [2.45, 2.75) is 13.8 Å². The fraction of sp³-hybridized carbons (Fsp3) is 0.250. The van der Waals surface area contributed by atoms with E-state index in [0.29, 0.717) is 5.56 Å². The van der Waals surface area contributed by atoms with E-state index in [2.05, 4.69) is 10.5 Å². The number of nitrogens with zero attached hydrogens (tertiary/aromatic N) is 1. The third-order valence-electron chi connectivity index (χ3n) is 1.84. The molecule has 5 heteroatoms. The van der Waals surface area contributed by atoms with E-state index >= 15 is 0 Å². The zero-order valence-corrected chi connectivity index (χ0v) is 9.77. The summed E-state index contributed by atoms with van der Waals surface area (Å²) in [4.78, 5) is 22.4. The Morgan fingerprint density at radius 2 is 1.94 bits per heavy atom. The second-order valence-electron chi connectivity index (χ2n) is 3.21. The van der Waals surface area contributed by atoms with Gasteiger partial charge in [-0.2, -0.15) is 5.10 Å². The summed E-state index contributed by atoms with van der Waals surface area (Å²) in [5.41, 5.74) is 2.91. The number of benzene rings is 1. The van der Waals surface area contributed by atoms with Crippen molar-refractivity contribution in [2.75, 3.05) is 6.61 Å². The quantitative estimate of drug-likeness (QED) is 0.481. The minimum Gasteiger partial charge on any atom is -0.461 e. The molecule has 1 aromatic carbocycles. The number of carbonyl (C=O) groups is 2. The summed E-state index contributed by atoms with van der Waals surface area (Å²) < 4.78 is 4.87. The molecule has 0 atom stereocenters. The topological polar surface area (TPSA) is 67.8 Å². The van der Waals surface area contributed by atoms with Gasteiger partial charge in [-0.1, -0.05) is 30.3 Å². The highest BCUT2D eigenvalue weighted by atomic mass is 16.5.